The first kappa shape index (κ1) is 15.2. The lowest BCUT2D eigenvalue weighted by Crippen LogP contribution is -2.32. The van der Waals surface area contributed by atoms with Crippen molar-refractivity contribution >= 4 is 11.9 Å². The van der Waals surface area contributed by atoms with Crippen LogP contribution in [0.2, 0.25) is 0 Å². The largest absolute Gasteiger partial charge is 0.478 e. The van der Waals surface area contributed by atoms with Gasteiger partial charge in [0.25, 0.3) is 0 Å². The van der Waals surface area contributed by atoms with Gasteiger partial charge in [0.15, 0.2) is 0 Å². The van der Waals surface area contributed by atoms with Crippen LogP contribution < -0.4 is 0 Å². The van der Waals surface area contributed by atoms with Crippen LogP contribution >= 0.6 is 0 Å². The summed E-state index contributed by atoms with van der Waals surface area (Å²) in [5.74, 6) is -0.404. The molecule has 0 radical (unpaired) electrons. The zero-order valence-corrected chi connectivity index (χ0v) is 11.7. The fraction of sp³-hybridized carbons (Fsp3) is 0.467. The molecule has 0 saturated heterocycles. The quantitative estimate of drug-likeness (QED) is 0.857. The Morgan fingerprint density at radius 1 is 1.26 bits per heavy atom. The number of carboxylic acids is 1. The number of rotatable bonds is 6. The third-order valence-corrected chi connectivity index (χ3v) is 3.26. The molecule has 1 aromatic carbocycles. The van der Waals surface area contributed by atoms with E-state index in [1.54, 1.807) is 24.1 Å². The second kappa shape index (κ2) is 6.92. The number of nitrogens with zero attached hydrogens (tertiary/aromatic N) is 1. The lowest BCUT2D eigenvalue weighted by molar-refractivity contribution is -0.129. The predicted octanol–water partition coefficient (Wildman–Crippen LogP) is 2.43. The number of carbonyl (C=O) groups is 2. The molecule has 0 bridgehead atoms. The molecule has 0 heterocycles. The maximum atomic E-state index is 12.0. The predicted molar refractivity (Wildman–Crippen MR) is 74.2 cm³/mol. The van der Waals surface area contributed by atoms with Gasteiger partial charge in [-0.25, -0.2) is 4.79 Å². The summed E-state index contributed by atoms with van der Waals surface area (Å²) in [7, 11) is 1.81. The molecule has 1 aromatic rings. The summed E-state index contributed by atoms with van der Waals surface area (Å²) < 4.78 is 0. The van der Waals surface area contributed by atoms with Crippen LogP contribution in [0.1, 0.15) is 36.2 Å². The SMILES string of the molecule is CCC(C)CN(C)C(=O)Cc1ccc(C(=O)O)cc1. The Morgan fingerprint density at radius 3 is 2.32 bits per heavy atom. The van der Waals surface area contributed by atoms with Gasteiger partial charge in [0.1, 0.15) is 0 Å². The Kier molecular flexibility index (Phi) is 5.55. The standard InChI is InChI=1S/C15H21NO3/c1-4-11(2)10-16(3)14(17)9-12-5-7-13(8-6-12)15(18)19/h5-8,11H,4,9-10H2,1-3H3,(H,18,19). The first-order valence-electron chi connectivity index (χ1n) is 6.50. The minimum absolute atomic E-state index is 0.0587. The molecule has 1 atom stereocenters. The number of hydrogen-bond donors (Lipinski definition) is 1. The van der Waals surface area contributed by atoms with Gasteiger partial charge >= 0.3 is 5.97 Å². The molecule has 0 aliphatic carbocycles. The molecule has 1 amide bonds. The minimum Gasteiger partial charge on any atom is -0.478 e. The van der Waals surface area contributed by atoms with Crippen molar-refractivity contribution in [1.82, 2.24) is 4.90 Å². The second-order valence-electron chi connectivity index (χ2n) is 4.97. The highest BCUT2D eigenvalue weighted by Gasteiger charge is 2.12. The summed E-state index contributed by atoms with van der Waals surface area (Å²) in [6.45, 7) is 4.97. The lowest BCUT2D eigenvalue weighted by Gasteiger charge is -2.20. The minimum atomic E-state index is -0.952. The molecule has 104 valence electrons. The Balaban J connectivity index is 2.59. The third kappa shape index (κ3) is 4.73. The fourth-order valence-electron chi connectivity index (χ4n) is 1.77. The van der Waals surface area contributed by atoms with Crippen molar-refractivity contribution in [2.24, 2.45) is 5.92 Å². The molecule has 1 N–H and O–H groups in total. The molecule has 0 spiro atoms. The van der Waals surface area contributed by atoms with Crippen molar-refractivity contribution in [3.63, 3.8) is 0 Å². The molecule has 4 heteroatoms. The van der Waals surface area contributed by atoms with Gasteiger partial charge in [0, 0.05) is 13.6 Å². The molecule has 1 unspecified atom stereocenters. The maximum Gasteiger partial charge on any atom is 0.335 e. The van der Waals surface area contributed by atoms with Crippen LogP contribution in [0.5, 0.6) is 0 Å². The summed E-state index contributed by atoms with van der Waals surface area (Å²) in [5.41, 5.74) is 1.08. The first-order chi connectivity index (χ1) is 8.93. The van der Waals surface area contributed by atoms with E-state index in [1.165, 1.54) is 12.1 Å². The van der Waals surface area contributed by atoms with Crippen molar-refractivity contribution < 1.29 is 14.7 Å². The number of carbonyl (C=O) groups excluding carboxylic acids is 1. The fourth-order valence-corrected chi connectivity index (χ4v) is 1.77. The Labute approximate surface area is 114 Å². The number of likely N-dealkylation sites (N-methyl/N-ethyl adjacent to an activating group) is 1. The lowest BCUT2D eigenvalue weighted by atomic mass is 10.1. The zero-order valence-electron chi connectivity index (χ0n) is 11.7. The van der Waals surface area contributed by atoms with Crippen LogP contribution in [0.15, 0.2) is 24.3 Å². The number of benzene rings is 1. The van der Waals surface area contributed by atoms with E-state index in [0.717, 1.165) is 18.5 Å². The number of carboxylic acid groups (broad SMARTS) is 1. The van der Waals surface area contributed by atoms with E-state index < -0.39 is 5.97 Å². The van der Waals surface area contributed by atoms with Crippen molar-refractivity contribution in [2.45, 2.75) is 26.7 Å². The highest BCUT2D eigenvalue weighted by Crippen LogP contribution is 2.08. The van der Waals surface area contributed by atoms with E-state index in [1.807, 2.05) is 0 Å². The number of aromatic carboxylic acids is 1. The van der Waals surface area contributed by atoms with E-state index in [9.17, 15) is 9.59 Å². The van der Waals surface area contributed by atoms with Crippen LogP contribution in [-0.4, -0.2) is 35.5 Å². The highest BCUT2D eigenvalue weighted by atomic mass is 16.4. The normalized spacial score (nSPS) is 11.9. The number of amides is 1. The Bertz CT molecular complexity index is 439. The van der Waals surface area contributed by atoms with Crippen LogP contribution in [0.25, 0.3) is 0 Å². The zero-order chi connectivity index (χ0) is 14.4. The second-order valence-corrected chi connectivity index (χ2v) is 4.97. The van der Waals surface area contributed by atoms with Crippen molar-refractivity contribution in [3.05, 3.63) is 35.4 Å². The summed E-state index contributed by atoms with van der Waals surface area (Å²) in [6.07, 6.45) is 1.36. The van der Waals surface area contributed by atoms with E-state index >= 15 is 0 Å². The molecular weight excluding hydrogens is 242 g/mol. The van der Waals surface area contributed by atoms with Gasteiger partial charge < -0.3 is 10.0 Å². The molecule has 19 heavy (non-hydrogen) atoms. The van der Waals surface area contributed by atoms with Crippen LogP contribution in [0, 0.1) is 5.92 Å². The first-order valence-corrected chi connectivity index (χ1v) is 6.50. The van der Waals surface area contributed by atoms with E-state index in [-0.39, 0.29) is 11.5 Å². The monoisotopic (exact) mass is 263 g/mol. The average Bonchev–Trinajstić information content (AvgIpc) is 2.38. The summed E-state index contributed by atoms with van der Waals surface area (Å²) in [5, 5.41) is 8.80. The molecule has 0 aliphatic rings. The van der Waals surface area contributed by atoms with E-state index in [0.29, 0.717) is 12.3 Å². The van der Waals surface area contributed by atoms with Gasteiger partial charge in [0.05, 0.1) is 12.0 Å². The molecule has 0 saturated carbocycles. The Hall–Kier alpha value is -1.84. The van der Waals surface area contributed by atoms with Gasteiger partial charge in [-0.1, -0.05) is 32.4 Å². The molecular formula is C15H21NO3. The highest BCUT2D eigenvalue weighted by molar-refractivity contribution is 5.87. The van der Waals surface area contributed by atoms with Gasteiger partial charge in [-0.3, -0.25) is 4.79 Å². The van der Waals surface area contributed by atoms with E-state index in [2.05, 4.69) is 13.8 Å². The van der Waals surface area contributed by atoms with Crippen LogP contribution in [0.4, 0.5) is 0 Å². The number of hydrogen-bond acceptors (Lipinski definition) is 2. The topological polar surface area (TPSA) is 57.6 Å². The van der Waals surface area contributed by atoms with Crippen molar-refractivity contribution in [2.75, 3.05) is 13.6 Å². The molecule has 4 nitrogen and oxygen atoms in total. The smallest absolute Gasteiger partial charge is 0.335 e. The van der Waals surface area contributed by atoms with Gasteiger partial charge in [-0.2, -0.15) is 0 Å². The summed E-state index contributed by atoms with van der Waals surface area (Å²) in [6, 6.07) is 6.44. The maximum absolute atomic E-state index is 12.0. The van der Waals surface area contributed by atoms with Crippen LogP contribution in [-0.2, 0) is 11.2 Å². The Morgan fingerprint density at radius 2 is 1.84 bits per heavy atom. The molecule has 1 rings (SSSR count). The summed E-state index contributed by atoms with van der Waals surface area (Å²) >= 11 is 0. The van der Waals surface area contributed by atoms with Crippen LogP contribution in [0.3, 0.4) is 0 Å². The summed E-state index contributed by atoms with van der Waals surface area (Å²) in [4.78, 5) is 24.4. The van der Waals surface area contributed by atoms with Crippen molar-refractivity contribution in [3.8, 4) is 0 Å². The molecule has 0 fully saturated rings. The average molecular weight is 263 g/mol. The molecule has 0 aromatic heterocycles. The van der Waals surface area contributed by atoms with Crippen molar-refractivity contribution in [1.29, 1.82) is 0 Å². The third-order valence-electron chi connectivity index (χ3n) is 3.26. The van der Waals surface area contributed by atoms with E-state index in [4.69, 9.17) is 5.11 Å². The van der Waals surface area contributed by atoms with Gasteiger partial charge in [-0.15, -0.1) is 0 Å². The molecule has 0 aliphatic heterocycles. The van der Waals surface area contributed by atoms with Gasteiger partial charge in [-0.05, 0) is 23.6 Å². The van der Waals surface area contributed by atoms with Gasteiger partial charge in [0.2, 0.25) is 5.91 Å².